The van der Waals surface area contributed by atoms with Gasteiger partial charge in [0.25, 0.3) is 0 Å². The molecule has 1 heterocycles. The quantitative estimate of drug-likeness (QED) is 0.601. The second-order valence-electron chi connectivity index (χ2n) is 3.10. The first-order valence-electron chi connectivity index (χ1n) is 4.21. The van der Waals surface area contributed by atoms with Crippen LogP contribution >= 0.6 is 10.9 Å². The Morgan fingerprint density at radius 3 is 2.43 bits per heavy atom. The third-order valence-corrected chi connectivity index (χ3v) is 2.49. The molecule has 0 unspecified atom stereocenters. The molecule has 0 fully saturated rings. The van der Waals surface area contributed by atoms with E-state index in [1.165, 1.54) is 6.92 Å². The topological polar surface area (TPSA) is 52.1 Å². The van der Waals surface area contributed by atoms with Crippen LogP contribution in [-0.2, 0) is 4.79 Å². The number of hydrogen-bond acceptors (Lipinski definition) is 4. The van der Waals surface area contributed by atoms with Crippen LogP contribution in [0, 0.1) is 0 Å². The van der Waals surface area contributed by atoms with Crippen molar-refractivity contribution in [1.29, 1.82) is 0 Å². The summed E-state index contributed by atoms with van der Waals surface area (Å²) in [5.74, 6) is 0.531. The SMILES string of the molecule is CC(=O)COc1cnc([SH](C)C)nc1. The Kier molecular flexibility index (Phi) is 3.88. The summed E-state index contributed by atoms with van der Waals surface area (Å²) in [5.41, 5.74) is 0. The molecule has 0 N–H and O–H groups in total. The maximum absolute atomic E-state index is 10.6. The predicted octanol–water partition coefficient (Wildman–Crippen LogP) is 1.06. The van der Waals surface area contributed by atoms with Crippen molar-refractivity contribution in [3.63, 3.8) is 0 Å². The van der Waals surface area contributed by atoms with E-state index < -0.39 is 0 Å². The van der Waals surface area contributed by atoms with Gasteiger partial charge in [0.05, 0.1) is 12.4 Å². The van der Waals surface area contributed by atoms with E-state index in [0.29, 0.717) is 5.75 Å². The molecular formula is C9H14N2O2S. The van der Waals surface area contributed by atoms with Gasteiger partial charge in [-0.15, -0.1) is 0 Å². The van der Waals surface area contributed by atoms with E-state index >= 15 is 0 Å². The Hall–Kier alpha value is -1.10. The molecule has 0 saturated carbocycles. The van der Waals surface area contributed by atoms with Gasteiger partial charge in [0.15, 0.2) is 16.7 Å². The minimum atomic E-state index is -0.274. The number of Topliss-reactive ketones (excluding diaryl/α,β-unsaturated/α-hetero) is 1. The van der Waals surface area contributed by atoms with Gasteiger partial charge >= 0.3 is 0 Å². The Bertz CT molecular complexity index is 311. The molecule has 0 spiro atoms. The van der Waals surface area contributed by atoms with Crippen LogP contribution in [0.15, 0.2) is 17.6 Å². The van der Waals surface area contributed by atoms with Crippen molar-refractivity contribution in [2.24, 2.45) is 0 Å². The van der Waals surface area contributed by atoms with E-state index in [1.807, 2.05) is 0 Å². The van der Waals surface area contributed by atoms with Gasteiger partial charge in [-0.3, -0.25) is 4.79 Å². The van der Waals surface area contributed by atoms with Crippen LogP contribution in [0.3, 0.4) is 0 Å². The molecule has 0 bridgehead atoms. The smallest absolute Gasteiger partial charge is 0.167 e. The van der Waals surface area contributed by atoms with E-state index in [1.54, 1.807) is 12.4 Å². The number of aromatic nitrogens is 2. The Balaban J connectivity index is 2.59. The highest BCUT2D eigenvalue weighted by atomic mass is 32.2. The minimum Gasteiger partial charge on any atom is -0.483 e. The number of hydrogen-bond donors (Lipinski definition) is 1. The summed E-state index contributed by atoms with van der Waals surface area (Å²) < 4.78 is 5.13. The highest BCUT2D eigenvalue weighted by Crippen LogP contribution is 2.23. The predicted molar refractivity (Wildman–Crippen MR) is 57.3 cm³/mol. The summed E-state index contributed by atoms with van der Waals surface area (Å²) in [6, 6.07) is 0. The molecule has 5 heteroatoms. The van der Waals surface area contributed by atoms with Gasteiger partial charge in [0.1, 0.15) is 6.61 Å². The van der Waals surface area contributed by atoms with Gasteiger partial charge in [-0.25, -0.2) is 9.97 Å². The van der Waals surface area contributed by atoms with E-state index in [0.717, 1.165) is 5.16 Å². The fourth-order valence-corrected chi connectivity index (χ4v) is 1.38. The summed E-state index contributed by atoms with van der Waals surface area (Å²) in [5, 5.41) is 0.843. The van der Waals surface area contributed by atoms with Gasteiger partial charge < -0.3 is 4.74 Å². The van der Waals surface area contributed by atoms with Crippen molar-refractivity contribution in [1.82, 2.24) is 9.97 Å². The molecule has 0 aliphatic rings. The molecule has 4 nitrogen and oxygen atoms in total. The van der Waals surface area contributed by atoms with Gasteiger partial charge in [-0.05, 0) is 19.4 Å². The Morgan fingerprint density at radius 2 is 2.00 bits per heavy atom. The van der Waals surface area contributed by atoms with Gasteiger partial charge in [-0.1, -0.05) is 0 Å². The van der Waals surface area contributed by atoms with Crippen LogP contribution in [0.1, 0.15) is 6.92 Å². The average molecular weight is 214 g/mol. The first kappa shape index (κ1) is 11.0. The van der Waals surface area contributed by atoms with E-state index in [9.17, 15) is 4.79 Å². The van der Waals surface area contributed by atoms with Crippen molar-refractivity contribution in [2.75, 3.05) is 19.1 Å². The molecule has 14 heavy (non-hydrogen) atoms. The summed E-state index contributed by atoms with van der Waals surface area (Å²) in [6.07, 6.45) is 7.38. The lowest BCUT2D eigenvalue weighted by molar-refractivity contribution is -0.118. The molecule has 0 radical (unpaired) electrons. The number of ketones is 1. The fraction of sp³-hybridized carbons (Fsp3) is 0.444. The molecule has 1 aromatic rings. The van der Waals surface area contributed by atoms with Crippen LogP contribution in [0.5, 0.6) is 5.75 Å². The average Bonchev–Trinajstić information content (AvgIpc) is 2.15. The molecule has 0 aliphatic heterocycles. The number of thiol groups is 1. The van der Waals surface area contributed by atoms with Crippen LogP contribution in [0.2, 0.25) is 0 Å². The molecule has 0 atom stereocenters. The molecule has 0 saturated heterocycles. The number of carbonyl (C=O) groups is 1. The number of rotatable bonds is 4. The summed E-state index contributed by atoms with van der Waals surface area (Å²) in [7, 11) is -0.274. The lowest BCUT2D eigenvalue weighted by Gasteiger charge is -2.07. The number of carbonyl (C=O) groups excluding carboxylic acids is 1. The van der Waals surface area contributed by atoms with Crippen LogP contribution < -0.4 is 4.74 Å². The normalized spacial score (nSPS) is 10.9. The van der Waals surface area contributed by atoms with Gasteiger partial charge in [-0.2, -0.15) is 10.9 Å². The fourth-order valence-electron chi connectivity index (χ4n) is 0.800. The van der Waals surface area contributed by atoms with Crippen molar-refractivity contribution in [3.8, 4) is 5.75 Å². The van der Waals surface area contributed by atoms with E-state index in [2.05, 4.69) is 22.5 Å². The minimum absolute atomic E-state index is 0.0117. The summed E-state index contributed by atoms with van der Waals surface area (Å²) in [6.45, 7) is 1.56. The van der Waals surface area contributed by atoms with Crippen LogP contribution in [0.25, 0.3) is 0 Å². The molecule has 0 aromatic carbocycles. The van der Waals surface area contributed by atoms with Crippen molar-refractivity contribution < 1.29 is 9.53 Å². The maximum Gasteiger partial charge on any atom is 0.167 e. The van der Waals surface area contributed by atoms with E-state index in [4.69, 9.17) is 4.74 Å². The zero-order valence-electron chi connectivity index (χ0n) is 8.52. The first-order valence-corrected chi connectivity index (χ1v) is 6.45. The van der Waals surface area contributed by atoms with Crippen molar-refractivity contribution in [3.05, 3.63) is 12.4 Å². The molecular weight excluding hydrogens is 200 g/mol. The van der Waals surface area contributed by atoms with Crippen molar-refractivity contribution in [2.45, 2.75) is 12.1 Å². The third-order valence-electron chi connectivity index (χ3n) is 1.46. The Morgan fingerprint density at radius 1 is 1.43 bits per heavy atom. The number of ether oxygens (including phenoxy) is 1. The lowest BCUT2D eigenvalue weighted by Crippen LogP contribution is -2.07. The molecule has 1 aromatic heterocycles. The zero-order valence-corrected chi connectivity index (χ0v) is 9.41. The zero-order chi connectivity index (χ0) is 10.6. The second-order valence-corrected chi connectivity index (χ2v) is 5.29. The van der Waals surface area contributed by atoms with E-state index in [-0.39, 0.29) is 23.3 Å². The second kappa shape index (κ2) is 4.95. The lowest BCUT2D eigenvalue weighted by atomic mass is 10.5. The summed E-state index contributed by atoms with van der Waals surface area (Å²) in [4.78, 5) is 18.9. The highest BCUT2D eigenvalue weighted by Gasteiger charge is 2.00. The molecule has 0 amide bonds. The third kappa shape index (κ3) is 3.33. The van der Waals surface area contributed by atoms with Crippen LogP contribution in [-0.4, -0.2) is 34.9 Å². The standard InChI is InChI=1S/C9H14N2O2S/c1-7(12)6-13-8-4-10-9(11-5-8)14(2)3/h4-5,14H,6H2,1-3H3. The molecule has 78 valence electrons. The summed E-state index contributed by atoms with van der Waals surface area (Å²) >= 11 is 0. The largest absolute Gasteiger partial charge is 0.483 e. The van der Waals surface area contributed by atoms with Crippen LogP contribution in [0.4, 0.5) is 0 Å². The highest BCUT2D eigenvalue weighted by molar-refractivity contribution is 8.15. The first-order chi connectivity index (χ1) is 6.59. The van der Waals surface area contributed by atoms with Crippen molar-refractivity contribution >= 4 is 16.7 Å². The Labute approximate surface area is 86.1 Å². The van der Waals surface area contributed by atoms with Gasteiger partial charge in [0.2, 0.25) is 0 Å². The molecule has 0 aliphatic carbocycles. The molecule has 1 rings (SSSR count). The van der Waals surface area contributed by atoms with Gasteiger partial charge in [0, 0.05) is 0 Å². The monoisotopic (exact) mass is 214 g/mol. The maximum atomic E-state index is 10.6. The number of nitrogens with zero attached hydrogens (tertiary/aromatic N) is 2.